The molecule has 2 aliphatic rings. The largest absolute Gasteiger partial charge is 0.408 e. The van der Waals surface area contributed by atoms with E-state index >= 15 is 0 Å². The second-order valence-electron chi connectivity index (χ2n) is 8.32. The van der Waals surface area contributed by atoms with Crippen LogP contribution in [0.5, 0.6) is 0 Å². The smallest absolute Gasteiger partial charge is 0.344 e. The lowest BCUT2D eigenvalue weighted by molar-refractivity contribution is -0.171. The molecule has 0 radical (unpaired) electrons. The van der Waals surface area contributed by atoms with E-state index in [1.54, 1.807) is 0 Å². The summed E-state index contributed by atoms with van der Waals surface area (Å²) in [6.07, 6.45) is -0.617. The molecular weight excluding hydrogens is 405 g/mol. The maximum Gasteiger partial charge on any atom is 0.408 e. The molecular formula is C24H25F3N2O2. The van der Waals surface area contributed by atoms with Crippen molar-refractivity contribution in [3.8, 4) is 0 Å². The molecule has 1 fully saturated rings. The highest BCUT2D eigenvalue weighted by Crippen LogP contribution is 2.31. The Morgan fingerprint density at radius 3 is 2.35 bits per heavy atom. The molecule has 4 nitrogen and oxygen atoms in total. The van der Waals surface area contributed by atoms with Crippen molar-refractivity contribution in [3.05, 3.63) is 70.8 Å². The molecule has 0 aromatic heterocycles. The summed E-state index contributed by atoms with van der Waals surface area (Å²) in [5.74, 6) is -2.56. The SMILES string of the molecule is O=C(NC(c1ccccc1)c1ccc2c(c1)CCCC2)C1CCC(C(F)(F)F)NC1=O. The lowest BCUT2D eigenvalue weighted by atomic mass is 9.87. The van der Waals surface area contributed by atoms with Crippen molar-refractivity contribution >= 4 is 11.8 Å². The number of alkyl halides is 3. The number of amides is 2. The molecule has 7 heteroatoms. The second-order valence-corrected chi connectivity index (χ2v) is 8.32. The fourth-order valence-corrected chi connectivity index (χ4v) is 4.48. The fraction of sp³-hybridized carbons (Fsp3) is 0.417. The minimum absolute atomic E-state index is 0.131. The first kappa shape index (κ1) is 21.4. The van der Waals surface area contributed by atoms with Crippen molar-refractivity contribution in [2.24, 2.45) is 5.92 Å². The van der Waals surface area contributed by atoms with E-state index in [-0.39, 0.29) is 12.8 Å². The first-order valence-corrected chi connectivity index (χ1v) is 10.7. The number of halogens is 3. The van der Waals surface area contributed by atoms with Gasteiger partial charge in [-0.2, -0.15) is 13.2 Å². The zero-order valence-corrected chi connectivity index (χ0v) is 17.0. The van der Waals surface area contributed by atoms with Gasteiger partial charge >= 0.3 is 6.18 Å². The summed E-state index contributed by atoms with van der Waals surface area (Å²) in [5, 5.41) is 4.89. The van der Waals surface area contributed by atoms with Crippen molar-refractivity contribution in [2.75, 3.05) is 0 Å². The van der Waals surface area contributed by atoms with Crippen LogP contribution >= 0.6 is 0 Å². The van der Waals surface area contributed by atoms with Crippen LogP contribution in [0, 0.1) is 5.92 Å². The van der Waals surface area contributed by atoms with E-state index in [1.807, 2.05) is 41.7 Å². The van der Waals surface area contributed by atoms with E-state index in [2.05, 4.69) is 17.4 Å². The highest BCUT2D eigenvalue weighted by molar-refractivity contribution is 6.01. The fourth-order valence-electron chi connectivity index (χ4n) is 4.48. The van der Waals surface area contributed by atoms with E-state index in [1.165, 1.54) is 17.5 Å². The number of benzene rings is 2. The van der Waals surface area contributed by atoms with Crippen molar-refractivity contribution < 1.29 is 22.8 Å². The summed E-state index contributed by atoms with van der Waals surface area (Å²) < 4.78 is 38.8. The van der Waals surface area contributed by atoms with Gasteiger partial charge in [0.1, 0.15) is 12.0 Å². The van der Waals surface area contributed by atoms with Gasteiger partial charge in [-0.1, -0.05) is 48.5 Å². The van der Waals surface area contributed by atoms with Crippen LogP contribution in [0.2, 0.25) is 0 Å². The summed E-state index contributed by atoms with van der Waals surface area (Å²) in [7, 11) is 0. The molecule has 0 spiro atoms. The topological polar surface area (TPSA) is 58.2 Å². The number of carbonyl (C=O) groups is 2. The van der Waals surface area contributed by atoms with Crippen LogP contribution < -0.4 is 10.6 Å². The quantitative estimate of drug-likeness (QED) is 0.714. The summed E-state index contributed by atoms with van der Waals surface area (Å²) in [4.78, 5) is 25.2. The number of piperidine rings is 1. The van der Waals surface area contributed by atoms with Gasteiger partial charge in [-0.3, -0.25) is 9.59 Å². The van der Waals surface area contributed by atoms with Gasteiger partial charge in [-0.05, 0) is 60.8 Å². The minimum atomic E-state index is -4.51. The molecule has 2 aromatic rings. The molecule has 0 bridgehead atoms. The van der Waals surface area contributed by atoms with Crippen molar-refractivity contribution in [1.82, 2.24) is 10.6 Å². The van der Waals surface area contributed by atoms with Crippen LogP contribution in [-0.4, -0.2) is 24.0 Å². The van der Waals surface area contributed by atoms with Gasteiger partial charge in [0, 0.05) is 0 Å². The molecule has 1 saturated heterocycles. The zero-order valence-electron chi connectivity index (χ0n) is 17.0. The van der Waals surface area contributed by atoms with Gasteiger partial charge in [-0.25, -0.2) is 0 Å². The van der Waals surface area contributed by atoms with E-state index in [4.69, 9.17) is 0 Å². The van der Waals surface area contributed by atoms with Crippen molar-refractivity contribution in [3.63, 3.8) is 0 Å². The second kappa shape index (κ2) is 8.73. The van der Waals surface area contributed by atoms with Gasteiger partial charge in [0.2, 0.25) is 11.8 Å². The summed E-state index contributed by atoms with van der Waals surface area (Å²) in [6, 6.07) is 13.2. The first-order valence-electron chi connectivity index (χ1n) is 10.7. The zero-order chi connectivity index (χ0) is 22.0. The maximum absolute atomic E-state index is 13.0. The first-order chi connectivity index (χ1) is 14.8. The van der Waals surface area contributed by atoms with Crippen LogP contribution in [0.25, 0.3) is 0 Å². The van der Waals surface area contributed by atoms with Gasteiger partial charge < -0.3 is 10.6 Å². The number of hydrogen-bond acceptors (Lipinski definition) is 2. The Morgan fingerprint density at radius 2 is 1.68 bits per heavy atom. The number of nitrogens with one attached hydrogen (secondary N) is 2. The Morgan fingerprint density at radius 1 is 0.968 bits per heavy atom. The van der Waals surface area contributed by atoms with Gasteiger partial charge in [-0.15, -0.1) is 0 Å². The summed E-state index contributed by atoms with van der Waals surface area (Å²) >= 11 is 0. The summed E-state index contributed by atoms with van der Waals surface area (Å²) in [5.41, 5.74) is 4.35. The van der Waals surface area contributed by atoms with E-state index in [0.717, 1.165) is 30.4 Å². The number of fused-ring (bicyclic) bond motifs is 1. The average Bonchev–Trinajstić information content (AvgIpc) is 2.77. The van der Waals surface area contributed by atoms with Crippen LogP contribution in [0.4, 0.5) is 13.2 Å². The molecule has 3 atom stereocenters. The standard InChI is InChI=1S/C24H25F3N2O2/c25-24(26,27)20-13-12-19(22(30)28-20)23(31)29-21(16-7-2-1-3-8-16)18-11-10-15-6-4-5-9-17(15)14-18/h1-3,7-8,10-11,14,19-21H,4-6,9,12-13H2,(H,28,30)(H,29,31). The lowest BCUT2D eigenvalue weighted by Crippen LogP contribution is -2.54. The molecule has 164 valence electrons. The Labute approximate surface area is 179 Å². The molecule has 0 saturated carbocycles. The third-order valence-electron chi connectivity index (χ3n) is 6.21. The molecule has 31 heavy (non-hydrogen) atoms. The molecule has 4 rings (SSSR count). The lowest BCUT2D eigenvalue weighted by Gasteiger charge is -2.31. The van der Waals surface area contributed by atoms with Crippen molar-refractivity contribution in [2.45, 2.75) is 56.8 Å². The highest BCUT2D eigenvalue weighted by atomic mass is 19.4. The van der Waals surface area contributed by atoms with E-state index in [0.29, 0.717) is 0 Å². The Balaban J connectivity index is 1.56. The van der Waals surface area contributed by atoms with Crippen LogP contribution in [0.15, 0.2) is 48.5 Å². The van der Waals surface area contributed by atoms with Crippen LogP contribution in [0.3, 0.4) is 0 Å². The maximum atomic E-state index is 13.0. The molecule has 2 N–H and O–H groups in total. The van der Waals surface area contributed by atoms with Crippen LogP contribution in [0.1, 0.15) is 54.0 Å². The molecule has 1 heterocycles. The molecule has 3 unspecified atom stereocenters. The number of rotatable bonds is 4. The molecule has 1 aliphatic carbocycles. The van der Waals surface area contributed by atoms with E-state index < -0.39 is 36.0 Å². The van der Waals surface area contributed by atoms with Crippen molar-refractivity contribution in [1.29, 1.82) is 0 Å². The summed E-state index contributed by atoms with van der Waals surface area (Å²) in [6.45, 7) is 0. The molecule has 1 aliphatic heterocycles. The predicted octanol–water partition coefficient (Wildman–Crippen LogP) is 4.23. The third-order valence-corrected chi connectivity index (χ3v) is 6.21. The Hall–Kier alpha value is -2.83. The van der Waals surface area contributed by atoms with E-state index in [9.17, 15) is 22.8 Å². The van der Waals surface area contributed by atoms with Gasteiger partial charge in [0.15, 0.2) is 0 Å². The highest BCUT2D eigenvalue weighted by Gasteiger charge is 2.46. The monoisotopic (exact) mass is 430 g/mol. The number of aryl methyl sites for hydroxylation is 2. The third kappa shape index (κ3) is 4.75. The molecule has 2 aromatic carbocycles. The average molecular weight is 430 g/mol. The van der Waals surface area contributed by atoms with Gasteiger partial charge in [0.05, 0.1) is 6.04 Å². The Bertz CT molecular complexity index is 959. The minimum Gasteiger partial charge on any atom is -0.344 e. The van der Waals surface area contributed by atoms with Gasteiger partial charge in [0.25, 0.3) is 0 Å². The van der Waals surface area contributed by atoms with Crippen LogP contribution in [-0.2, 0) is 22.4 Å². The normalized spacial score (nSPS) is 22.2. The number of hydrogen-bond donors (Lipinski definition) is 2. The number of carbonyl (C=O) groups excluding carboxylic acids is 2. The Kier molecular flexibility index (Phi) is 6.03. The molecule has 2 amide bonds. The predicted molar refractivity (Wildman–Crippen MR) is 110 cm³/mol.